The summed E-state index contributed by atoms with van der Waals surface area (Å²) in [7, 11) is 1.30. The molecule has 6 heteroatoms. The van der Waals surface area contributed by atoms with Crippen LogP contribution in [0.25, 0.3) is 11.0 Å². The molecule has 0 fully saturated rings. The number of furan rings is 1. The SMILES string of the molecule is CCCn1c(=O)n(Cc2ccc(C(=O)OC)o2)c2ccccc21. The molecule has 0 unspecified atom stereocenters. The number of carbonyl (C=O) groups excluding carboxylic acids is 1. The molecule has 1 aromatic carbocycles. The zero-order valence-electron chi connectivity index (χ0n) is 13.1. The molecular formula is C17H18N2O4. The minimum Gasteiger partial charge on any atom is -0.463 e. The molecule has 6 nitrogen and oxygen atoms in total. The van der Waals surface area contributed by atoms with Gasteiger partial charge in [0.25, 0.3) is 0 Å². The highest BCUT2D eigenvalue weighted by Gasteiger charge is 2.15. The van der Waals surface area contributed by atoms with E-state index in [4.69, 9.17) is 4.42 Å². The highest BCUT2D eigenvalue weighted by atomic mass is 16.5. The highest BCUT2D eigenvalue weighted by molar-refractivity contribution is 5.86. The number of methoxy groups -OCH3 is 1. The molecule has 0 saturated heterocycles. The summed E-state index contributed by atoms with van der Waals surface area (Å²) in [5.41, 5.74) is 1.67. The Balaban J connectivity index is 2.03. The molecule has 0 N–H and O–H groups in total. The maximum atomic E-state index is 12.7. The van der Waals surface area contributed by atoms with Crippen molar-refractivity contribution in [3.8, 4) is 0 Å². The summed E-state index contributed by atoms with van der Waals surface area (Å²) in [6, 6.07) is 10.9. The monoisotopic (exact) mass is 314 g/mol. The minimum atomic E-state index is -0.531. The first kappa shape index (κ1) is 15.1. The molecule has 0 spiro atoms. The van der Waals surface area contributed by atoms with Crippen LogP contribution in [0.15, 0.2) is 45.6 Å². The van der Waals surface area contributed by atoms with E-state index in [1.807, 2.05) is 31.2 Å². The molecule has 2 aromatic heterocycles. The molecule has 23 heavy (non-hydrogen) atoms. The van der Waals surface area contributed by atoms with Gasteiger partial charge >= 0.3 is 11.7 Å². The Morgan fingerprint density at radius 2 is 1.83 bits per heavy atom. The fourth-order valence-electron chi connectivity index (χ4n) is 2.69. The van der Waals surface area contributed by atoms with Crippen LogP contribution in [0.2, 0.25) is 0 Å². The van der Waals surface area contributed by atoms with Gasteiger partial charge in [0.15, 0.2) is 0 Å². The third-order valence-electron chi connectivity index (χ3n) is 3.73. The van der Waals surface area contributed by atoms with Crippen molar-refractivity contribution in [2.45, 2.75) is 26.4 Å². The van der Waals surface area contributed by atoms with Crippen molar-refractivity contribution in [3.05, 3.63) is 58.4 Å². The number of esters is 1. The maximum absolute atomic E-state index is 12.7. The van der Waals surface area contributed by atoms with E-state index in [1.54, 1.807) is 21.3 Å². The fraction of sp³-hybridized carbons (Fsp3) is 0.294. The van der Waals surface area contributed by atoms with Gasteiger partial charge in [-0.05, 0) is 30.7 Å². The Bertz CT molecular complexity index is 901. The smallest absolute Gasteiger partial charge is 0.373 e. The number of benzene rings is 1. The van der Waals surface area contributed by atoms with Crippen LogP contribution < -0.4 is 5.69 Å². The van der Waals surface area contributed by atoms with Crippen LogP contribution in [-0.4, -0.2) is 22.2 Å². The lowest BCUT2D eigenvalue weighted by atomic mass is 10.3. The number of hydrogen-bond donors (Lipinski definition) is 0. The van der Waals surface area contributed by atoms with Crippen LogP contribution >= 0.6 is 0 Å². The lowest BCUT2D eigenvalue weighted by molar-refractivity contribution is 0.0563. The molecule has 0 atom stereocenters. The van der Waals surface area contributed by atoms with Crippen molar-refractivity contribution in [1.82, 2.24) is 9.13 Å². The molecule has 0 aliphatic rings. The standard InChI is InChI=1S/C17H18N2O4/c1-3-10-18-13-6-4-5-7-14(13)19(17(18)21)11-12-8-9-15(23-12)16(20)22-2/h4-9H,3,10-11H2,1-2H3. The summed E-state index contributed by atoms with van der Waals surface area (Å²) in [4.78, 5) is 24.1. The van der Waals surface area contributed by atoms with E-state index in [0.717, 1.165) is 17.5 Å². The van der Waals surface area contributed by atoms with Crippen LogP contribution in [0, 0.1) is 0 Å². The van der Waals surface area contributed by atoms with E-state index < -0.39 is 5.97 Å². The average Bonchev–Trinajstić information content (AvgIpc) is 3.14. The van der Waals surface area contributed by atoms with E-state index in [0.29, 0.717) is 12.3 Å². The second-order valence-corrected chi connectivity index (χ2v) is 5.27. The number of ether oxygens (including phenoxy) is 1. The number of hydrogen-bond acceptors (Lipinski definition) is 4. The maximum Gasteiger partial charge on any atom is 0.373 e. The van der Waals surface area contributed by atoms with E-state index in [-0.39, 0.29) is 18.0 Å². The topological polar surface area (TPSA) is 66.4 Å². The van der Waals surface area contributed by atoms with Gasteiger partial charge in [-0.3, -0.25) is 9.13 Å². The molecular weight excluding hydrogens is 296 g/mol. The zero-order valence-corrected chi connectivity index (χ0v) is 13.1. The zero-order chi connectivity index (χ0) is 16.4. The van der Waals surface area contributed by atoms with Gasteiger partial charge in [-0.25, -0.2) is 9.59 Å². The second kappa shape index (κ2) is 6.16. The molecule has 120 valence electrons. The number of rotatable bonds is 5. The van der Waals surface area contributed by atoms with Crippen LogP contribution in [0.3, 0.4) is 0 Å². The Labute approximate surface area is 132 Å². The van der Waals surface area contributed by atoms with Gasteiger partial charge in [-0.1, -0.05) is 19.1 Å². The predicted molar refractivity (Wildman–Crippen MR) is 85.6 cm³/mol. The van der Waals surface area contributed by atoms with Gasteiger partial charge in [-0.2, -0.15) is 0 Å². The van der Waals surface area contributed by atoms with Crippen molar-refractivity contribution in [3.63, 3.8) is 0 Å². The van der Waals surface area contributed by atoms with Crippen molar-refractivity contribution in [1.29, 1.82) is 0 Å². The third kappa shape index (κ3) is 2.67. The van der Waals surface area contributed by atoms with Gasteiger partial charge < -0.3 is 9.15 Å². The van der Waals surface area contributed by atoms with Gasteiger partial charge in [0.1, 0.15) is 5.76 Å². The number of para-hydroxylation sites is 2. The quantitative estimate of drug-likeness (QED) is 0.679. The first-order chi connectivity index (χ1) is 11.2. The number of aromatic nitrogens is 2. The number of carbonyl (C=O) groups is 1. The number of aryl methyl sites for hydroxylation is 1. The van der Waals surface area contributed by atoms with Crippen molar-refractivity contribution >= 4 is 17.0 Å². The van der Waals surface area contributed by atoms with E-state index in [1.165, 1.54) is 7.11 Å². The van der Waals surface area contributed by atoms with E-state index in [9.17, 15) is 9.59 Å². The summed E-state index contributed by atoms with van der Waals surface area (Å²) in [5.74, 6) is 0.136. The summed E-state index contributed by atoms with van der Waals surface area (Å²) in [6.45, 7) is 2.97. The number of fused-ring (bicyclic) bond motifs is 1. The third-order valence-corrected chi connectivity index (χ3v) is 3.73. The normalized spacial score (nSPS) is 11.0. The van der Waals surface area contributed by atoms with Gasteiger partial charge in [0, 0.05) is 6.54 Å². The highest BCUT2D eigenvalue weighted by Crippen LogP contribution is 2.16. The molecule has 3 aromatic rings. The van der Waals surface area contributed by atoms with Gasteiger partial charge in [0.05, 0.1) is 24.7 Å². The molecule has 0 saturated carbocycles. The van der Waals surface area contributed by atoms with Crippen molar-refractivity contribution in [2.24, 2.45) is 0 Å². The molecule has 0 aliphatic carbocycles. The Hall–Kier alpha value is -2.76. The van der Waals surface area contributed by atoms with Crippen LogP contribution in [0.5, 0.6) is 0 Å². The van der Waals surface area contributed by atoms with Gasteiger partial charge in [-0.15, -0.1) is 0 Å². The second-order valence-electron chi connectivity index (χ2n) is 5.27. The van der Waals surface area contributed by atoms with E-state index in [2.05, 4.69) is 4.74 Å². The summed E-state index contributed by atoms with van der Waals surface area (Å²) in [5, 5.41) is 0. The van der Waals surface area contributed by atoms with Crippen molar-refractivity contribution < 1.29 is 13.9 Å². The molecule has 3 rings (SSSR count). The van der Waals surface area contributed by atoms with Crippen molar-refractivity contribution in [2.75, 3.05) is 7.11 Å². The molecule has 0 aliphatic heterocycles. The number of nitrogens with zero attached hydrogens (tertiary/aromatic N) is 2. The first-order valence-corrected chi connectivity index (χ1v) is 7.50. The lowest BCUT2D eigenvalue weighted by Gasteiger charge is -2.00. The molecule has 2 heterocycles. The van der Waals surface area contributed by atoms with Gasteiger partial charge in [0.2, 0.25) is 5.76 Å². The Kier molecular flexibility index (Phi) is 4.06. The van der Waals surface area contributed by atoms with Crippen LogP contribution in [0.4, 0.5) is 0 Å². The summed E-state index contributed by atoms with van der Waals surface area (Å²) < 4.78 is 13.5. The predicted octanol–water partition coefficient (Wildman–Crippen LogP) is 2.64. The Morgan fingerprint density at radius 1 is 1.13 bits per heavy atom. The summed E-state index contributed by atoms with van der Waals surface area (Å²) >= 11 is 0. The molecule has 0 amide bonds. The first-order valence-electron chi connectivity index (χ1n) is 7.50. The molecule has 0 bridgehead atoms. The largest absolute Gasteiger partial charge is 0.463 e. The average molecular weight is 314 g/mol. The van der Waals surface area contributed by atoms with Crippen LogP contribution in [0.1, 0.15) is 29.7 Å². The van der Waals surface area contributed by atoms with E-state index >= 15 is 0 Å². The molecule has 0 radical (unpaired) electrons. The summed E-state index contributed by atoms with van der Waals surface area (Å²) in [6.07, 6.45) is 0.876. The minimum absolute atomic E-state index is 0.0796. The lowest BCUT2D eigenvalue weighted by Crippen LogP contribution is -2.24. The van der Waals surface area contributed by atoms with Crippen LogP contribution in [-0.2, 0) is 17.8 Å². The Morgan fingerprint density at radius 3 is 2.48 bits per heavy atom. The number of imidazole rings is 1. The fourth-order valence-corrected chi connectivity index (χ4v) is 2.69.